The Morgan fingerprint density at radius 3 is 2.34 bits per heavy atom. The maximum Gasteiger partial charge on any atom is 0.230 e. The Morgan fingerprint density at radius 2 is 1.72 bits per heavy atom. The van der Waals surface area contributed by atoms with Gasteiger partial charge in [-0.3, -0.25) is 4.79 Å². The summed E-state index contributed by atoms with van der Waals surface area (Å²) < 4.78 is 7.96. The van der Waals surface area contributed by atoms with Crippen LogP contribution in [0.15, 0.2) is 59.8 Å². The second-order valence-corrected chi connectivity index (χ2v) is 9.87. The monoisotopic (exact) mass is 452 g/mol. The van der Waals surface area contributed by atoms with Gasteiger partial charge in [-0.05, 0) is 42.5 Å². The molecule has 0 saturated heterocycles. The molecule has 0 unspecified atom stereocenters. The molecule has 1 heterocycles. The highest BCUT2D eigenvalue weighted by Gasteiger charge is 2.19. The number of nitrogens with one attached hydrogen (secondary N) is 1. The number of amides is 1. The van der Waals surface area contributed by atoms with Gasteiger partial charge in [0.25, 0.3) is 0 Å². The first-order valence-electron chi connectivity index (χ1n) is 10.8. The molecule has 1 aromatic heterocycles. The van der Waals surface area contributed by atoms with Crippen LogP contribution in [-0.4, -0.2) is 26.4 Å². The summed E-state index contributed by atoms with van der Waals surface area (Å²) in [5.74, 6) is 1.73. The number of hydrogen-bond donors (Lipinski definition) is 1. The van der Waals surface area contributed by atoms with E-state index in [4.69, 9.17) is 4.74 Å². The fraction of sp³-hybridized carbons (Fsp3) is 0.400. The van der Waals surface area contributed by atoms with E-state index in [-0.39, 0.29) is 29.2 Å². The number of thioether (sulfide) groups is 1. The largest absolute Gasteiger partial charge is 0.483 e. The predicted molar refractivity (Wildman–Crippen MR) is 129 cm³/mol. The van der Waals surface area contributed by atoms with E-state index in [0.717, 1.165) is 11.3 Å². The Bertz CT molecular complexity index is 1030. The van der Waals surface area contributed by atoms with Gasteiger partial charge in [0.15, 0.2) is 17.1 Å². The quantitative estimate of drug-likeness (QED) is 0.475. The number of hydrogen-bond acceptors (Lipinski definition) is 5. The molecule has 170 valence electrons. The Balaban J connectivity index is 1.55. The van der Waals surface area contributed by atoms with E-state index in [2.05, 4.69) is 48.4 Å². The molecule has 0 aliphatic heterocycles. The van der Waals surface area contributed by atoms with Gasteiger partial charge in [-0.1, -0.05) is 75.0 Å². The zero-order valence-electron chi connectivity index (χ0n) is 19.6. The molecule has 6 nitrogen and oxygen atoms in total. The number of carbonyl (C=O) groups is 1. The van der Waals surface area contributed by atoms with Crippen molar-refractivity contribution in [3.8, 4) is 5.75 Å². The number of ether oxygens (including phenoxy) is 1. The van der Waals surface area contributed by atoms with Crippen LogP contribution in [0.1, 0.15) is 63.7 Å². The topological polar surface area (TPSA) is 69.0 Å². The third kappa shape index (κ3) is 6.13. The Kier molecular flexibility index (Phi) is 7.61. The van der Waals surface area contributed by atoms with Crippen molar-refractivity contribution in [2.45, 2.75) is 57.3 Å². The molecule has 0 spiro atoms. The summed E-state index contributed by atoms with van der Waals surface area (Å²) in [6.45, 7) is 10.5. The molecule has 2 atom stereocenters. The van der Waals surface area contributed by atoms with Crippen LogP contribution in [0.25, 0.3) is 0 Å². The van der Waals surface area contributed by atoms with E-state index in [1.165, 1.54) is 17.3 Å². The van der Waals surface area contributed by atoms with Gasteiger partial charge in [0.2, 0.25) is 5.91 Å². The van der Waals surface area contributed by atoms with E-state index in [1.54, 1.807) is 0 Å². The molecule has 2 aromatic carbocycles. The van der Waals surface area contributed by atoms with Crippen molar-refractivity contribution >= 4 is 17.7 Å². The number of benzene rings is 2. The number of aromatic nitrogens is 3. The van der Waals surface area contributed by atoms with Gasteiger partial charge in [0.05, 0.1) is 11.8 Å². The molecular weight excluding hydrogens is 420 g/mol. The van der Waals surface area contributed by atoms with E-state index in [9.17, 15) is 4.79 Å². The summed E-state index contributed by atoms with van der Waals surface area (Å²) in [7, 11) is 1.89. The minimum Gasteiger partial charge on any atom is -0.483 e. The van der Waals surface area contributed by atoms with Gasteiger partial charge < -0.3 is 14.6 Å². The Hall–Kier alpha value is -2.80. The third-order valence-corrected chi connectivity index (χ3v) is 6.30. The number of rotatable bonds is 8. The van der Waals surface area contributed by atoms with Crippen molar-refractivity contribution < 1.29 is 9.53 Å². The summed E-state index contributed by atoms with van der Waals surface area (Å²) in [6.07, 6.45) is -0.269. The molecule has 7 heteroatoms. The molecule has 0 radical (unpaired) electrons. The van der Waals surface area contributed by atoms with Gasteiger partial charge >= 0.3 is 0 Å². The maximum absolute atomic E-state index is 12.4. The van der Waals surface area contributed by atoms with Crippen LogP contribution in [0.2, 0.25) is 0 Å². The van der Waals surface area contributed by atoms with E-state index >= 15 is 0 Å². The highest BCUT2D eigenvalue weighted by atomic mass is 32.2. The SMILES string of the molecule is C[C@@H](NC(=O)CSc1nnc([C@@H](C)Oc2ccc(C(C)(C)C)cc2)n1C)c1ccccc1. The zero-order valence-corrected chi connectivity index (χ0v) is 20.4. The molecule has 1 amide bonds. The highest BCUT2D eigenvalue weighted by molar-refractivity contribution is 7.99. The van der Waals surface area contributed by atoms with Gasteiger partial charge in [-0.15, -0.1) is 10.2 Å². The minimum atomic E-state index is -0.269. The fourth-order valence-electron chi connectivity index (χ4n) is 3.33. The lowest BCUT2D eigenvalue weighted by Gasteiger charge is -2.20. The molecule has 32 heavy (non-hydrogen) atoms. The smallest absolute Gasteiger partial charge is 0.230 e. The highest BCUT2D eigenvalue weighted by Crippen LogP contribution is 2.27. The lowest BCUT2D eigenvalue weighted by molar-refractivity contribution is -0.119. The average Bonchev–Trinajstić information content (AvgIpc) is 3.13. The van der Waals surface area contributed by atoms with Crippen molar-refractivity contribution in [2.24, 2.45) is 7.05 Å². The van der Waals surface area contributed by atoms with Gasteiger partial charge in [0.1, 0.15) is 5.75 Å². The van der Waals surface area contributed by atoms with Crippen molar-refractivity contribution in [1.29, 1.82) is 0 Å². The van der Waals surface area contributed by atoms with Gasteiger partial charge in [-0.25, -0.2) is 0 Å². The van der Waals surface area contributed by atoms with Gasteiger partial charge in [0, 0.05) is 7.05 Å². The van der Waals surface area contributed by atoms with Crippen LogP contribution >= 0.6 is 11.8 Å². The van der Waals surface area contributed by atoms with Gasteiger partial charge in [-0.2, -0.15) is 0 Å². The second-order valence-electron chi connectivity index (χ2n) is 8.92. The normalized spacial score (nSPS) is 13.4. The molecule has 0 aliphatic carbocycles. The summed E-state index contributed by atoms with van der Waals surface area (Å²) in [5, 5.41) is 12.2. The lowest BCUT2D eigenvalue weighted by Crippen LogP contribution is -2.28. The molecule has 0 fully saturated rings. The predicted octanol–water partition coefficient (Wildman–Crippen LogP) is 5.22. The van der Waals surface area contributed by atoms with Crippen molar-refractivity contribution in [3.63, 3.8) is 0 Å². The first-order chi connectivity index (χ1) is 15.1. The number of nitrogens with zero attached hydrogens (tertiary/aromatic N) is 3. The molecular formula is C25H32N4O2S. The molecule has 3 aromatic rings. The molecule has 3 rings (SSSR count). The van der Waals surface area contributed by atoms with Crippen LogP contribution < -0.4 is 10.1 Å². The maximum atomic E-state index is 12.4. The minimum absolute atomic E-state index is 0.0425. The molecule has 0 bridgehead atoms. The molecule has 0 saturated carbocycles. The Morgan fingerprint density at radius 1 is 1.06 bits per heavy atom. The van der Waals surface area contributed by atoms with Crippen LogP contribution in [0.3, 0.4) is 0 Å². The van der Waals surface area contributed by atoms with E-state index < -0.39 is 0 Å². The lowest BCUT2D eigenvalue weighted by atomic mass is 9.87. The van der Waals surface area contributed by atoms with Crippen molar-refractivity contribution in [2.75, 3.05) is 5.75 Å². The van der Waals surface area contributed by atoms with E-state index in [0.29, 0.717) is 11.0 Å². The summed E-state index contributed by atoms with van der Waals surface area (Å²) in [6, 6.07) is 18.0. The van der Waals surface area contributed by atoms with Crippen LogP contribution in [0.5, 0.6) is 5.75 Å². The second kappa shape index (κ2) is 10.2. The van der Waals surface area contributed by atoms with Crippen LogP contribution in [-0.2, 0) is 17.3 Å². The standard InChI is InChI=1S/C25H32N4O2S/c1-17(19-10-8-7-9-11-19)26-22(30)16-32-24-28-27-23(29(24)6)18(2)31-21-14-12-20(13-15-21)25(3,4)5/h7-15,17-18H,16H2,1-6H3,(H,26,30)/t17-,18-/m1/s1. The Labute approximate surface area is 194 Å². The average molecular weight is 453 g/mol. The zero-order chi connectivity index (χ0) is 23.3. The summed E-state index contributed by atoms with van der Waals surface area (Å²) >= 11 is 1.36. The first-order valence-corrected chi connectivity index (χ1v) is 11.8. The van der Waals surface area contributed by atoms with Crippen LogP contribution in [0.4, 0.5) is 0 Å². The van der Waals surface area contributed by atoms with E-state index in [1.807, 2.05) is 67.9 Å². The summed E-state index contributed by atoms with van der Waals surface area (Å²) in [5.41, 5.74) is 2.44. The van der Waals surface area contributed by atoms with Crippen molar-refractivity contribution in [1.82, 2.24) is 20.1 Å². The molecule has 0 aliphatic rings. The molecule has 1 N–H and O–H groups in total. The van der Waals surface area contributed by atoms with Crippen LogP contribution in [0, 0.1) is 0 Å². The summed E-state index contributed by atoms with van der Waals surface area (Å²) in [4.78, 5) is 12.4. The first kappa shape index (κ1) is 23.9. The van der Waals surface area contributed by atoms with Crippen molar-refractivity contribution in [3.05, 3.63) is 71.5 Å². The number of carbonyl (C=O) groups excluding carboxylic acids is 1. The third-order valence-electron chi connectivity index (χ3n) is 5.27. The fourth-order valence-corrected chi connectivity index (χ4v) is 4.06.